The molecule has 0 unspecified atom stereocenters. The third-order valence-corrected chi connectivity index (χ3v) is 2.97. The van der Waals surface area contributed by atoms with Crippen molar-refractivity contribution in [2.75, 3.05) is 5.32 Å². The summed E-state index contributed by atoms with van der Waals surface area (Å²) < 4.78 is 5.02. The van der Waals surface area contributed by atoms with Gasteiger partial charge in [0.15, 0.2) is 0 Å². The van der Waals surface area contributed by atoms with E-state index in [1.54, 1.807) is 19.5 Å². The van der Waals surface area contributed by atoms with E-state index >= 15 is 0 Å². The van der Waals surface area contributed by atoms with Crippen molar-refractivity contribution in [3.8, 4) is 0 Å². The number of benzene rings is 1. The van der Waals surface area contributed by atoms with E-state index in [2.05, 4.69) is 5.32 Å². The van der Waals surface area contributed by atoms with E-state index in [1.165, 1.54) is 0 Å². The van der Waals surface area contributed by atoms with Crippen LogP contribution in [0.1, 0.15) is 51.3 Å². The molecule has 3 nitrogen and oxygen atoms in total. The molecule has 0 aliphatic heterocycles. The molecule has 0 radical (unpaired) electrons. The van der Waals surface area contributed by atoms with Crippen LogP contribution in [0.15, 0.2) is 35.1 Å². The Labute approximate surface area is 139 Å². The summed E-state index contributed by atoms with van der Waals surface area (Å²) in [6.45, 7) is 12.4. The van der Waals surface area contributed by atoms with Crippen LogP contribution in [-0.2, 0) is 6.54 Å². The lowest BCUT2D eigenvalue weighted by Gasteiger charge is -2.13. The molecule has 0 aliphatic carbocycles. The highest BCUT2D eigenvalue weighted by atomic mass is 35.5. The Kier molecular flexibility index (Phi) is 10.0. The lowest BCUT2D eigenvalue weighted by molar-refractivity contribution is 0.564. The van der Waals surface area contributed by atoms with Gasteiger partial charge in [-0.15, -0.1) is 0 Å². The average molecular weight is 323 g/mol. The van der Waals surface area contributed by atoms with Crippen LogP contribution in [0.25, 0.3) is 0 Å². The van der Waals surface area contributed by atoms with Crippen molar-refractivity contribution in [1.82, 2.24) is 0 Å². The van der Waals surface area contributed by atoms with Gasteiger partial charge in [-0.25, -0.2) is 0 Å². The van der Waals surface area contributed by atoms with Crippen LogP contribution in [-0.4, -0.2) is 5.71 Å². The molecular weight excluding hydrogens is 296 g/mol. The Hall–Kier alpha value is -1.74. The summed E-state index contributed by atoms with van der Waals surface area (Å²) in [7, 11) is 0. The fourth-order valence-corrected chi connectivity index (χ4v) is 2.27. The van der Waals surface area contributed by atoms with Crippen molar-refractivity contribution < 1.29 is 4.42 Å². The fourth-order valence-electron chi connectivity index (χ4n) is 1.85. The Balaban J connectivity index is 0.00000102. The minimum Gasteiger partial charge on any atom is -0.472 e. The normalized spacial score (nSPS) is 9.05. The van der Waals surface area contributed by atoms with Gasteiger partial charge in [-0.1, -0.05) is 39.3 Å². The second-order valence-corrected chi connectivity index (χ2v) is 4.69. The van der Waals surface area contributed by atoms with E-state index in [0.29, 0.717) is 17.3 Å². The Morgan fingerprint density at radius 1 is 1.23 bits per heavy atom. The van der Waals surface area contributed by atoms with Crippen LogP contribution in [0, 0.1) is 12.3 Å². The molecule has 1 aromatic carbocycles. The Bertz CT molecular complexity index is 563. The van der Waals surface area contributed by atoms with Gasteiger partial charge in [0.2, 0.25) is 0 Å². The quantitative estimate of drug-likeness (QED) is 0.649. The van der Waals surface area contributed by atoms with E-state index in [0.717, 1.165) is 22.4 Å². The molecule has 4 heteroatoms. The van der Waals surface area contributed by atoms with E-state index in [1.807, 2.05) is 52.8 Å². The highest BCUT2D eigenvalue weighted by molar-refractivity contribution is 6.34. The van der Waals surface area contributed by atoms with Crippen LogP contribution in [0.4, 0.5) is 5.69 Å². The zero-order valence-corrected chi connectivity index (χ0v) is 15.1. The smallest absolute Gasteiger partial charge is 0.0952 e. The minimum atomic E-state index is 0.453. The maximum Gasteiger partial charge on any atom is 0.0952 e. The van der Waals surface area contributed by atoms with Crippen LogP contribution >= 0.6 is 11.6 Å². The molecule has 0 amide bonds. The van der Waals surface area contributed by atoms with Crippen molar-refractivity contribution in [2.24, 2.45) is 0 Å². The topological polar surface area (TPSA) is 49.0 Å². The minimum absolute atomic E-state index is 0.453. The number of rotatable bonds is 4. The SMILES string of the molecule is CC.CC.CC(=N)c1c(Cl)cc(C)cc1NCc1ccoc1. The number of hydrogen-bond donors (Lipinski definition) is 2. The molecule has 0 bridgehead atoms. The first kappa shape index (κ1) is 20.3. The van der Waals surface area contributed by atoms with E-state index in [9.17, 15) is 0 Å². The molecule has 1 aromatic heterocycles. The largest absolute Gasteiger partial charge is 0.472 e. The van der Waals surface area contributed by atoms with Gasteiger partial charge in [0.25, 0.3) is 0 Å². The van der Waals surface area contributed by atoms with Crippen LogP contribution < -0.4 is 5.32 Å². The first-order valence-electron chi connectivity index (χ1n) is 7.68. The number of hydrogen-bond acceptors (Lipinski definition) is 3. The summed E-state index contributed by atoms with van der Waals surface area (Å²) >= 11 is 6.19. The van der Waals surface area contributed by atoms with E-state index < -0.39 is 0 Å². The van der Waals surface area contributed by atoms with E-state index in [-0.39, 0.29) is 0 Å². The number of halogens is 1. The van der Waals surface area contributed by atoms with Gasteiger partial charge < -0.3 is 15.1 Å². The molecule has 2 rings (SSSR count). The lowest BCUT2D eigenvalue weighted by Crippen LogP contribution is -2.05. The van der Waals surface area contributed by atoms with Crippen molar-refractivity contribution >= 4 is 23.0 Å². The molecule has 0 saturated carbocycles. The van der Waals surface area contributed by atoms with Gasteiger partial charge in [-0.3, -0.25) is 0 Å². The zero-order chi connectivity index (χ0) is 17.1. The Morgan fingerprint density at radius 3 is 2.36 bits per heavy atom. The molecule has 0 fully saturated rings. The first-order valence-corrected chi connectivity index (χ1v) is 8.06. The predicted molar refractivity (Wildman–Crippen MR) is 97.4 cm³/mol. The van der Waals surface area contributed by atoms with Crippen molar-refractivity contribution in [1.29, 1.82) is 5.41 Å². The maximum atomic E-state index is 7.80. The van der Waals surface area contributed by atoms with Gasteiger partial charge in [0, 0.05) is 29.1 Å². The number of anilines is 1. The number of furan rings is 1. The van der Waals surface area contributed by atoms with Crippen molar-refractivity contribution in [3.63, 3.8) is 0 Å². The average Bonchev–Trinajstić information content (AvgIpc) is 3.01. The van der Waals surface area contributed by atoms with Gasteiger partial charge in [0.1, 0.15) is 0 Å². The molecule has 0 saturated heterocycles. The Morgan fingerprint density at radius 2 is 1.86 bits per heavy atom. The summed E-state index contributed by atoms with van der Waals surface area (Å²) in [4.78, 5) is 0. The molecule has 1 heterocycles. The summed E-state index contributed by atoms with van der Waals surface area (Å²) in [5, 5.41) is 11.7. The summed E-state index contributed by atoms with van der Waals surface area (Å²) in [5.41, 5.74) is 4.22. The molecular formula is C18H27ClN2O. The fraction of sp³-hybridized carbons (Fsp3) is 0.389. The summed E-state index contributed by atoms with van der Waals surface area (Å²) in [6.07, 6.45) is 3.34. The van der Waals surface area contributed by atoms with Crippen molar-refractivity contribution in [2.45, 2.75) is 48.1 Å². The molecule has 0 spiro atoms. The van der Waals surface area contributed by atoms with Crippen LogP contribution in [0.2, 0.25) is 5.02 Å². The highest BCUT2D eigenvalue weighted by Crippen LogP contribution is 2.27. The van der Waals surface area contributed by atoms with Crippen LogP contribution in [0.5, 0.6) is 0 Å². The zero-order valence-electron chi connectivity index (χ0n) is 14.4. The standard InChI is InChI=1S/C14H15ClN2O.2C2H6/c1-9-5-12(15)14(10(2)16)13(6-9)17-7-11-3-4-18-8-11;2*1-2/h3-6,8,16-17H,7H2,1-2H3;2*1-2H3. The van der Waals surface area contributed by atoms with Gasteiger partial charge >= 0.3 is 0 Å². The second kappa shape index (κ2) is 10.9. The molecule has 2 aromatic rings. The summed E-state index contributed by atoms with van der Waals surface area (Å²) in [6, 6.07) is 5.78. The third kappa shape index (κ3) is 5.94. The van der Waals surface area contributed by atoms with Crippen LogP contribution in [0.3, 0.4) is 0 Å². The first-order chi connectivity index (χ1) is 10.6. The molecule has 22 heavy (non-hydrogen) atoms. The maximum absolute atomic E-state index is 7.80. The monoisotopic (exact) mass is 322 g/mol. The van der Waals surface area contributed by atoms with Gasteiger partial charge in [-0.05, 0) is 37.6 Å². The molecule has 0 atom stereocenters. The number of nitrogens with one attached hydrogen (secondary N) is 2. The molecule has 122 valence electrons. The summed E-state index contributed by atoms with van der Waals surface area (Å²) in [5.74, 6) is 0. The molecule has 0 aliphatic rings. The highest BCUT2D eigenvalue weighted by Gasteiger charge is 2.10. The predicted octanol–water partition coefficient (Wildman–Crippen LogP) is 6.29. The van der Waals surface area contributed by atoms with Gasteiger partial charge in [-0.2, -0.15) is 0 Å². The van der Waals surface area contributed by atoms with E-state index in [4.69, 9.17) is 21.4 Å². The molecule has 2 N–H and O–H groups in total. The van der Waals surface area contributed by atoms with Gasteiger partial charge in [0.05, 0.1) is 17.5 Å². The second-order valence-electron chi connectivity index (χ2n) is 4.28. The number of aryl methyl sites for hydroxylation is 1. The lowest BCUT2D eigenvalue weighted by atomic mass is 10.1. The van der Waals surface area contributed by atoms with Crippen molar-refractivity contribution in [3.05, 3.63) is 52.4 Å². The third-order valence-electron chi connectivity index (χ3n) is 2.67.